The van der Waals surface area contributed by atoms with Crippen LogP contribution in [0.15, 0.2) is 18.5 Å². The Labute approximate surface area is 84.7 Å². The molecule has 14 heavy (non-hydrogen) atoms. The second-order valence-corrected chi connectivity index (χ2v) is 4.24. The third kappa shape index (κ3) is 2.16. The normalized spacial score (nSPS) is 25.4. The van der Waals surface area contributed by atoms with Gasteiger partial charge in [-0.05, 0) is 37.4 Å². The van der Waals surface area contributed by atoms with Crippen LogP contribution in [0.5, 0.6) is 0 Å². The summed E-state index contributed by atoms with van der Waals surface area (Å²) in [6.07, 6.45) is 4.96. The van der Waals surface area contributed by atoms with Gasteiger partial charge in [-0.25, -0.2) is 0 Å². The molecule has 2 unspecified atom stereocenters. The van der Waals surface area contributed by atoms with Crippen LogP contribution in [-0.4, -0.2) is 34.2 Å². The molecule has 0 aromatic carbocycles. The van der Waals surface area contributed by atoms with Crippen molar-refractivity contribution >= 4 is 0 Å². The number of rotatable bonds is 3. The highest BCUT2D eigenvalue weighted by molar-refractivity contribution is 5.08. The SMILES string of the molecule is CC(O)C1CCN(Cc2cc[nH]c2)C1. The van der Waals surface area contributed by atoms with Crippen LogP contribution in [0.2, 0.25) is 0 Å². The maximum absolute atomic E-state index is 9.46. The van der Waals surface area contributed by atoms with E-state index in [9.17, 15) is 5.11 Å². The summed E-state index contributed by atoms with van der Waals surface area (Å²) in [4.78, 5) is 5.46. The number of nitrogens with zero attached hydrogens (tertiary/aromatic N) is 1. The maximum Gasteiger partial charge on any atom is 0.0552 e. The van der Waals surface area contributed by atoms with Gasteiger partial charge in [-0.2, -0.15) is 0 Å². The van der Waals surface area contributed by atoms with Gasteiger partial charge in [-0.3, -0.25) is 4.90 Å². The van der Waals surface area contributed by atoms with Gasteiger partial charge in [-0.1, -0.05) is 0 Å². The molecule has 1 aliphatic rings. The highest BCUT2D eigenvalue weighted by Gasteiger charge is 2.25. The molecule has 0 saturated carbocycles. The monoisotopic (exact) mass is 194 g/mol. The summed E-state index contributed by atoms with van der Waals surface area (Å²) >= 11 is 0. The van der Waals surface area contributed by atoms with Gasteiger partial charge in [-0.15, -0.1) is 0 Å². The van der Waals surface area contributed by atoms with Crippen molar-refractivity contribution in [3.8, 4) is 0 Å². The molecule has 0 amide bonds. The lowest BCUT2D eigenvalue weighted by Crippen LogP contribution is -2.23. The van der Waals surface area contributed by atoms with Crippen molar-refractivity contribution in [2.45, 2.75) is 26.0 Å². The second-order valence-electron chi connectivity index (χ2n) is 4.24. The Kier molecular flexibility index (Phi) is 2.89. The number of hydrogen-bond acceptors (Lipinski definition) is 2. The Morgan fingerprint density at radius 3 is 3.14 bits per heavy atom. The van der Waals surface area contributed by atoms with E-state index >= 15 is 0 Å². The van der Waals surface area contributed by atoms with Crippen LogP contribution in [0, 0.1) is 5.92 Å². The van der Waals surface area contributed by atoms with Gasteiger partial charge in [0.05, 0.1) is 6.10 Å². The van der Waals surface area contributed by atoms with Gasteiger partial charge in [0.2, 0.25) is 0 Å². The molecule has 78 valence electrons. The van der Waals surface area contributed by atoms with Gasteiger partial charge in [0, 0.05) is 25.5 Å². The van der Waals surface area contributed by atoms with Crippen LogP contribution in [0.3, 0.4) is 0 Å². The molecule has 2 N–H and O–H groups in total. The summed E-state index contributed by atoms with van der Waals surface area (Å²) in [5.41, 5.74) is 1.33. The van der Waals surface area contributed by atoms with Crippen LogP contribution >= 0.6 is 0 Å². The Balaban J connectivity index is 1.84. The third-order valence-electron chi connectivity index (χ3n) is 3.06. The minimum atomic E-state index is -0.161. The summed E-state index contributed by atoms with van der Waals surface area (Å²) in [5.74, 6) is 0.467. The van der Waals surface area contributed by atoms with Gasteiger partial charge >= 0.3 is 0 Å². The molecule has 0 spiro atoms. The van der Waals surface area contributed by atoms with Gasteiger partial charge < -0.3 is 10.1 Å². The molecule has 1 saturated heterocycles. The molecule has 1 fully saturated rings. The minimum Gasteiger partial charge on any atom is -0.393 e. The van der Waals surface area contributed by atoms with Crippen molar-refractivity contribution in [3.05, 3.63) is 24.0 Å². The summed E-state index contributed by atoms with van der Waals surface area (Å²) in [6.45, 7) is 5.04. The van der Waals surface area contributed by atoms with Crippen molar-refractivity contribution in [3.63, 3.8) is 0 Å². The third-order valence-corrected chi connectivity index (χ3v) is 3.06. The summed E-state index contributed by atoms with van der Waals surface area (Å²) in [6, 6.07) is 2.11. The Bertz CT molecular complexity index is 269. The smallest absolute Gasteiger partial charge is 0.0552 e. The highest BCUT2D eigenvalue weighted by Crippen LogP contribution is 2.21. The van der Waals surface area contributed by atoms with E-state index in [1.54, 1.807) is 0 Å². The zero-order valence-corrected chi connectivity index (χ0v) is 8.61. The molecule has 2 heterocycles. The molecule has 0 aliphatic carbocycles. The number of likely N-dealkylation sites (tertiary alicyclic amines) is 1. The van der Waals surface area contributed by atoms with Crippen LogP contribution in [0.25, 0.3) is 0 Å². The number of aromatic nitrogens is 1. The maximum atomic E-state index is 9.46. The van der Waals surface area contributed by atoms with Gasteiger partial charge in [0.1, 0.15) is 0 Å². The summed E-state index contributed by atoms with van der Waals surface area (Å²) < 4.78 is 0. The summed E-state index contributed by atoms with van der Waals surface area (Å²) in [5, 5.41) is 9.46. The molecule has 1 aromatic rings. The lowest BCUT2D eigenvalue weighted by atomic mass is 10.0. The van der Waals surface area contributed by atoms with E-state index in [0.717, 1.165) is 26.1 Å². The Morgan fingerprint density at radius 2 is 2.57 bits per heavy atom. The lowest BCUT2D eigenvalue weighted by molar-refractivity contribution is 0.127. The molecule has 2 atom stereocenters. The van der Waals surface area contributed by atoms with Crippen molar-refractivity contribution in [2.75, 3.05) is 13.1 Å². The standard InChI is InChI=1S/C11H18N2O/c1-9(14)11-3-5-13(8-11)7-10-2-4-12-6-10/h2,4,6,9,11-12,14H,3,5,7-8H2,1H3. The van der Waals surface area contributed by atoms with E-state index in [4.69, 9.17) is 0 Å². The quantitative estimate of drug-likeness (QED) is 0.759. The van der Waals surface area contributed by atoms with Crippen molar-refractivity contribution in [1.82, 2.24) is 9.88 Å². The van der Waals surface area contributed by atoms with E-state index in [0.29, 0.717) is 5.92 Å². The highest BCUT2D eigenvalue weighted by atomic mass is 16.3. The van der Waals surface area contributed by atoms with E-state index in [1.165, 1.54) is 5.56 Å². The molecular weight excluding hydrogens is 176 g/mol. The lowest BCUT2D eigenvalue weighted by Gasteiger charge is -2.16. The number of aromatic amines is 1. The Hall–Kier alpha value is -0.800. The van der Waals surface area contributed by atoms with E-state index in [2.05, 4.69) is 16.0 Å². The minimum absolute atomic E-state index is 0.161. The first-order valence-corrected chi connectivity index (χ1v) is 5.28. The number of H-pyrrole nitrogens is 1. The average molecular weight is 194 g/mol. The van der Waals surface area contributed by atoms with Crippen LogP contribution in [-0.2, 0) is 6.54 Å². The fourth-order valence-corrected chi connectivity index (χ4v) is 2.11. The number of hydrogen-bond donors (Lipinski definition) is 2. The van der Waals surface area contributed by atoms with Crippen molar-refractivity contribution in [2.24, 2.45) is 5.92 Å². The fourth-order valence-electron chi connectivity index (χ4n) is 2.11. The fraction of sp³-hybridized carbons (Fsp3) is 0.636. The Morgan fingerprint density at radius 1 is 1.71 bits per heavy atom. The zero-order chi connectivity index (χ0) is 9.97. The predicted molar refractivity (Wildman–Crippen MR) is 55.9 cm³/mol. The molecule has 3 heteroatoms. The number of nitrogens with one attached hydrogen (secondary N) is 1. The first-order valence-electron chi connectivity index (χ1n) is 5.28. The van der Waals surface area contributed by atoms with Gasteiger partial charge in [0.25, 0.3) is 0 Å². The van der Waals surface area contributed by atoms with Crippen LogP contribution in [0.1, 0.15) is 18.9 Å². The molecule has 0 bridgehead atoms. The molecule has 2 rings (SSSR count). The first kappa shape index (κ1) is 9.74. The van der Waals surface area contributed by atoms with Crippen molar-refractivity contribution in [1.29, 1.82) is 0 Å². The first-order chi connectivity index (χ1) is 6.75. The molecule has 1 aromatic heterocycles. The largest absolute Gasteiger partial charge is 0.393 e. The van der Waals surface area contributed by atoms with E-state index in [1.807, 2.05) is 19.3 Å². The van der Waals surface area contributed by atoms with E-state index in [-0.39, 0.29) is 6.10 Å². The number of aliphatic hydroxyl groups is 1. The summed E-state index contributed by atoms with van der Waals surface area (Å²) in [7, 11) is 0. The molecular formula is C11H18N2O. The number of aliphatic hydroxyl groups excluding tert-OH is 1. The molecule has 3 nitrogen and oxygen atoms in total. The van der Waals surface area contributed by atoms with Crippen LogP contribution in [0.4, 0.5) is 0 Å². The second kappa shape index (κ2) is 4.15. The van der Waals surface area contributed by atoms with Crippen molar-refractivity contribution < 1.29 is 5.11 Å². The average Bonchev–Trinajstić information content (AvgIpc) is 2.75. The zero-order valence-electron chi connectivity index (χ0n) is 8.61. The van der Waals surface area contributed by atoms with E-state index < -0.39 is 0 Å². The predicted octanol–water partition coefficient (Wildman–Crippen LogP) is 1.22. The molecule has 1 aliphatic heterocycles. The van der Waals surface area contributed by atoms with Gasteiger partial charge in [0.15, 0.2) is 0 Å². The molecule has 0 radical (unpaired) electrons. The van der Waals surface area contributed by atoms with Crippen LogP contribution < -0.4 is 0 Å². The topological polar surface area (TPSA) is 39.3 Å².